The van der Waals surface area contributed by atoms with Crippen molar-refractivity contribution >= 4 is 26.8 Å². The van der Waals surface area contributed by atoms with Gasteiger partial charge in [0.1, 0.15) is 0 Å². The number of benzene rings is 2. The topological polar surface area (TPSA) is 99.3 Å². The fraction of sp³-hybridized carbons (Fsp3) is 0.385. The van der Waals surface area contributed by atoms with Gasteiger partial charge in [0.2, 0.25) is 15.6 Å². The van der Waals surface area contributed by atoms with E-state index in [0.717, 1.165) is 25.7 Å². The van der Waals surface area contributed by atoms with Crippen molar-refractivity contribution in [3.05, 3.63) is 76.1 Å². The van der Waals surface area contributed by atoms with Crippen LogP contribution < -0.4 is 10.9 Å². The maximum Gasteiger partial charge on any atom is 0.252 e. The third-order valence-electron chi connectivity index (χ3n) is 6.40. The number of H-pyrrole nitrogens is 1. The van der Waals surface area contributed by atoms with Crippen molar-refractivity contribution in [1.82, 2.24) is 14.6 Å². The van der Waals surface area contributed by atoms with Gasteiger partial charge in [0.05, 0.1) is 10.5 Å². The third kappa shape index (κ3) is 5.39. The number of fused-ring (bicyclic) bond motifs is 1. The van der Waals surface area contributed by atoms with E-state index < -0.39 is 21.5 Å². The first-order valence-corrected chi connectivity index (χ1v) is 13.2. The Morgan fingerprint density at radius 2 is 1.94 bits per heavy atom. The van der Waals surface area contributed by atoms with Crippen LogP contribution >= 0.6 is 0 Å². The number of pyridine rings is 1. The second-order valence-corrected chi connectivity index (χ2v) is 11.2. The molecule has 1 amide bonds. The van der Waals surface area contributed by atoms with Crippen molar-refractivity contribution in [3.8, 4) is 0 Å². The number of hydrogen-bond donors (Lipinski definition) is 2. The Balaban J connectivity index is 1.59. The molecule has 1 aromatic heterocycles. The molecule has 0 unspecified atom stereocenters. The summed E-state index contributed by atoms with van der Waals surface area (Å²) >= 11 is 0. The van der Waals surface area contributed by atoms with E-state index in [0.29, 0.717) is 29.9 Å². The van der Waals surface area contributed by atoms with Gasteiger partial charge in [-0.2, -0.15) is 4.31 Å². The maximum atomic E-state index is 13.3. The highest BCUT2D eigenvalue weighted by molar-refractivity contribution is 7.89. The van der Waals surface area contributed by atoms with Crippen molar-refractivity contribution in [3.63, 3.8) is 0 Å². The number of amides is 1. The summed E-state index contributed by atoms with van der Waals surface area (Å²) in [6.45, 7) is 4.94. The molecule has 1 aliphatic heterocycles. The van der Waals surface area contributed by atoms with Crippen molar-refractivity contribution in [1.29, 1.82) is 0 Å². The first-order chi connectivity index (χ1) is 16.2. The Hall–Kier alpha value is -2.97. The molecule has 8 heteroatoms. The number of nitrogens with zero attached hydrogens (tertiary/aromatic N) is 1. The monoisotopic (exact) mass is 481 g/mol. The predicted molar refractivity (Wildman–Crippen MR) is 133 cm³/mol. The second-order valence-electron chi connectivity index (χ2n) is 9.26. The lowest BCUT2D eigenvalue weighted by Gasteiger charge is -2.30. The van der Waals surface area contributed by atoms with Gasteiger partial charge in [-0.15, -0.1) is 0 Å². The van der Waals surface area contributed by atoms with Gasteiger partial charge < -0.3 is 10.3 Å². The van der Waals surface area contributed by atoms with Crippen LogP contribution in [0.3, 0.4) is 0 Å². The summed E-state index contributed by atoms with van der Waals surface area (Å²) in [5.74, 6) is -0.0862. The van der Waals surface area contributed by atoms with E-state index in [1.165, 1.54) is 28.1 Å². The Kier molecular flexibility index (Phi) is 7.19. The molecule has 7 nitrogen and oxygen atoms in total. The van der Waals surface area contributed by atoms with Crippen LogP contribution in [-0.2, 0) is 16.4 Å². The number of carbonyl (C=O) groups excluding carboxylic acids is 1. The molecule has 2 N–H and O–H groups in total. The lowest BCUT2D eigenvalue weighted by atomic mass is 10.0. The van der Waals surface area contributed by atoms with Crippen LogP contribution in [0.1, 0.15) is 49.0 Å². The molecule has 34 heavy (non-hydrogen) atoms. The largest absolute Gasteiger partial charge is 0.350 e. The third-order valence-corrected chi connectivity index (χ3v) is 8.26. The lowest BCUT2D eigenvalue weighted by Crippen LogP contribution is -2.39. The SMILES string of the molecule is C[C@@H]1CCCN(S(=O)(=O)c2ccc3[nH]c(=O)cc(C(=O)N[C@@H](C)CCc4ccccc4)c3c2)C1. The zero-order valence-electron chi connectivity index (χ0n) is 19.6. The van der Waals surface area contributed by atoms with E-state index in [4.69, 9.17) is 0 Å². The van der Waals surface area contributed by atoms with Crippen LogP contribution in [0.15, 0.2) is 64.3 Å². The second kappa shape index (κ2) is 10.1. The molecule has 2 aromatic carbocycles. The van der Waals surface area contributed by atoms with Gasteiger partial charge in [0, 0.05) is 36.1 Å². The van der Waals surface area contributed by atoms with Gasteiger partial charge in [0.15, 0.2) is 0 Å². The van der Waals surface area contributed by atoms with Gasteiger partial charge in [-0.3, -0.25) is 9.59 Å². The molecule has 0 aliphatic carbocycles. The summed E-state index contributed by atoms with van der Waals surface area (Å²) in [7, 11) is -3.69. The molecule has 180 valence electrons. The highest BCUT2D eigenvalue weighted by Gasteiger charge is 2.29. The van der Waals surface area contributed by atoms with Crippen LogP contribution in [0.25, 0.3) is 10.9 Å². The Bertz CT molecular complexity index is 1340. The number of aromatic amines is 1. The molecule has 2 atom stereocenters. The number of sulfonamides is 1. The number of rotatable bonds is 7. The molecule has 1 saturated heterocycles. The fourth-order valence-corrected chi connectivity index (χ4v) is 6.12. The van der Waals surface area contributed by atoms with Crippen LogP contribution in [0.2, 0.25) is 0 Å². The Morgan fingerprint density at radius 1 is 1.18 bits per heavy atom. The molecule has 0 radical (unpaired) electrons. The summed E-state index contributed by atoms with van der Waals surface area (Å²) in [6, 6.07) is 15.7. The maximum absolute atomic E-state index is 13.3. The van der Waals surface area contributed by atoms with Gasteiger partial charge in [-0.25, -0.2) is 8.42 Å². The van der Waals surface area contributed by atoms with E-state index in [2.05, 4.69) is 10.3 Å². The first-order valence-electron chi connectivity index (χ1n) is 11.8. The fourth-order valence-electron chi connectivity index (χ4n) is 4.50. The molecule has 2 heterocycles. The number of aromatic nitrogens is 1. The van der Waals surface area contributed by atoms with E-state index >= 15 is 0 Å². The summed E-state index contributed by atoms with van der Waals surface area (Å²) in [4.78, 5) is 28.2. The number of aryl methyl sites for hydroxylation is 1. The van der Waals surface area contributed by atoms with Crippen LogP contribution in [0.5, 0.6) is 0 Å². The summed E-state index contributed by atoms with van der Waals surface area (Å²) in [5, 5.41) is 3.38. The minimum absolute atomic E-state index is 0.121. The van der Waals surface area contributed by atoms with Crippen molar-refractivity contribution in [2.24, 2.45) is 5.92 Å². The first kappa shape index (κ1) is 24.2. The molecule has 3 aromatic rings. The van der Waals surface area contributed by atoms with Gasteiger partial charge >= 0.3 is 0 Å². The number of hydrogen-bond acceptors (Lipinski definition) is 4. The van der Waals surface area contributed by atoms with Crippen molar-refractivity contribution in [2.45, 2.75) is 50.5 Å². The molecule has 1 aliphatic rings. The molecular weight excluding hydrogens is 450 g/mol. The van der Waals surface area contributed by atoms with E-state index in [-0.39, 0.29) is 16.5 Å². The molecule has 0 bridgehead atoms. The molecular formula is C26H31N3O4S. The quantitative estimate of drug-likeness (QED) is 0.537. The van der Waals surface area contributed by atoms with Crippen molar-refractivity contribution in [2.75, 3.05) is 13.1 Å². The zero-order valence-corrected chi connectivity index (χ0v) is 20.4. The summed E-state index contributed by atoms with van der Waals surface area (Å²) in [5.41, 5.74) is 1.39. The van der Waals surface area contributed by atoms with Crippen LogP contribution in [0.4, 0.5) is 0 Å². The van der Waals surface area contributed by atoms with Gasteiger partial charge in [0.25, 0.3) is 5.91 Å². The predicted octanol–water partition coefficient (Wildman–Crippen LogP) is 3.70. The van der Waals surface area contributed by atoms with E-state index in [9.17, 15) is 18.0 Å². The van der Waals surface area contributed by atoms with Crippen LogP contribution in [0, 0.1) is 5.92 Å². The minimum Gasteiger partial charge on any atom is -0.350 e. The highest BCUT2D eigenvalue weighted by Crippen LogP contribution is 2.26. The standard InChI is InChI=1S/C26H31N3O4S/c1-18-7-6-14-29(17-18)34(32,33)21-12-13-24-22(15-21)23(16-25(30)28-24)26(31)27-19(2)10-11-20-8-4-3-5-9-20/h3-5,8-9,12-13,15-16,18-19H,6-7,10-11,14,17H2,1-2H3,(H,27,31)(H,28,30)/t18-,19+/m1/s1. The lowest BCUT2D eigenvalue weighted by molar-refractivity contribution is 0.0940. The van der Waals surface area contributed by atoms with Gasteiger partial charge in [-0.1, -0.05) is 37.3 Å². The average molecular weight is 482 g/mol. The molecule has 0 spiro atoms. The Labute approximate surface area is 200 Å². The molecule has 0 saturated carbocycles. The summed E-state index contributed by atoms with van der Waals surface area (Å²) < 4.78 is 28.1. The number of piperidine rings is 1. The van der Waals surface area contributed by atoms with E-state index in [1.54, 1.807) is 6.07 Å². The number of nitrogens with one attached hydrogen (secondary N) is 2. The molecule has 1 fully saturated rings. The Morgan fingerprint density at radius 3 is 2.68 bits per heavy atom. The normalized spacial score (nSPS) is 18.0. The average Bonchev–Trinajstić information content (AvgIpc) is 2.82. The zero-order chi connectivity index (χ0) is 24.3. The highest BCUT2D eigenvalue weighted by atomic mass is 32.2. The van der Waals surface area contributed by atoms with Crippen LogP contribution in [-0.4, -0.2) is 42.7 Å². The molecule has 4 rings (SSSR count). The smallest absolute Gasteiger partial charge is 0.252 e. The van der Waals surface area contributed by atoms with E-state index in [1.807, 2.05) is 44.2 Å². The minimum atomic E-state index is -3.69. The van der Waals surface area contributed by atoms with Crippen molar-refractivity contribution < 1.29 is 13.2 Å². The number of carbonyl (C=O) groups is 1. The van der Waals surface area contributed by atoms with Gasteiger partial charge in [-0.05, 0) is 62.3 Å². The summed E-state index contributed by atoms with van der Waals surface area (Å²) in [6.07, 6.45) is 3.40.